The summed E-state index contributed by atoms with van der Waals surface area (Å²) in [7, 11) is 1.87. The minimum atomic E-state index is -0.599. The van der Waals surface area contributed by atoms with Crippen molar-refractivity contribution in [3.63, 3.8) is 0 Å². The lowest BCUT2D eigenvalue weighted by atomic mass is 10.1. The molecule has 1 amide bonds. The van der Waals surface area contributed by atoms with Crippen LogP contribution in [0.1, 0.15) is 41.0 Å². The summed E-state index contributed by atoms with van der Waals surface area (Å²) in [5.41, 5.74) is 2.61. The number of hydrogen-bond donors (Lipinski definition) is 1. The van der Waals surface area contributed by atoms with Crippen molar-refractivity contribution in [2.75, 3.05) is 5.32 Å². The van der Waals surface area contributed by atoms with E-state index in [1.807, 2.05) is 45.5 Å². The normalized spacial score (nSPS) is 9.50. The first-order chi connectivity index (χ1) is 10.4. The van der Waals surface area contributed by atoms with Gasteiger partial charge in [0.05, 0.1) is 11.1 Å². The van der Waals surface area contributed by atoms with Crippen molar-refractivity contribution < 1.29 is 9.18 Å². The Hall–Kier alpha value is -2.61. The summed E-state index contributed by atoms with van der Waals surface area (Å²) in [4.78, 5) is 12.3. The number of amides is 1. The molecule has 0 aliphatic carbocycles. The highest BCUT2D eigenvalue weighted by Gasteiger charge is 2.16. The number of hydrogen-bond acceptors (Lipinski definition) is 2. The van der Waals surface area contributed by atoms with Crippen molar-refractivity contribution in [1.82, 2.24) is 4.57 Å². The van der Waals surface area contributed by atoms with Gasteiger partial charge in [-0.15, -0.1) is 0 Å². The number of nitriles is 1. The molecule has 0 fully saturated rings. The van der Waals surface area contributed by atoms with E-state index in [0.29, 0.717) is 11.3 Å². The lowest BCUT2D eigenvalue weighted by Gasteiger charge is -2.07. The number of carbonyl (C=O) groups excluding carboxylic acids is 1. The van der Waals surface area contributed by atoms with Gasteiger partial charge in [-0.1, -0.05) is 13.8 Å². The number of aromatic nitrogens is 1. The van der Waals surface area contributed by atoms with Gasteiger partial charge in [0.1, 0.15) is 11.9 Å². The summed E-state index contributed by atoms with van der Waals surface area (Å²) in [5.74, 6) is -0.867. The zero-order valence-electron chi connectivity index (χ0n) is 13.5. The first kappa shape index (κ1) is 17.4. The molecule has 0 bridgehead atoms. The molecule has 0 radical (unpaired) electrons. The van der Waals surface area contributed by atoms with Crippen molar-refractivity contribution in [2.45, 2.75) is 27.7 Å². The Labute approximate surface area is 130 Å². The van der Waals surface area contributed by atoms with Gasteiger partial charge in [0.25, 0.3) is 5.91 Å². The maximum absolute atomic E-state index is 13.2. The van der Waals surface area contributed by atoms with Gasteiger partial charge in [-0.2, -0.15) is 5.26 Å². The predicted molar refractivity (Wildman–Crippen MR) is 85.3 cm³/mol. The summed E-state index contributed by atoms with van der Waals surface area (Å²) in [5, 5.41) is 11.5. The van der Waals surface area contributed by atoms with Crippen LogP contribution in [0.5, 0.6) is 0 Å². The van der Waals surface area contributed by atoms with E-state index in [4.69, 9.17) is 5.26 Å². The number of aryl methyl sites for hydroxylation is 2. The molecule has 1 aromatic carbocycles. The third-order valence-electron chi connectivity index (χ3n) is 3.24. The summed E-state index contributed by atoms with van der Waals surface area (Å²) >= 11 is 0. The van der Waals surface area contributed by atoms with E-state index in [9.17, 15) is 9.18 Å². The fourth-order valence-electron chi connectivity index (χ4n) is 2.14. The average molecular weight is 301 g/mol. The van der Waals surface area contributed by atoms with Gasteiger partial charge in [-0.05, 0) is 37.6 Å². The molecule has 0 saturated heterocycles. The number of nitrogens with one attached hydrogen (secondary N) is 1. The Kier molecular flexibility index (Phi) is 5.88. The minimum Gasteiger partial charge on any atom is -0.354 e. The molecule has 0 unspecified atom stereocenters. The third kappa shape index (κ3) is 3.53. The van der Waals surface area contributed by atoms with Crippen LogP contribution in [0.4, 0.5) is 10.1 Å². The highest BCUT2D eigenvalue weighted by Crippen LogP contribution is 2.19. The fourth-order valence-corrected chi connectivity index (χ4v) is 2.14. The van der Waals surface area contributed by atoms with Crippen LogP contribution >= 0.6 is 0 Å². The lowest BCUT2D eigenvalue weighted by molar-refractivity contribution is 0.102. The fraction of sp³-hybridized carbons (Fsp3) is 0.294. The Morgan fingerprint density at radius 1 is 1.32 bits per heavy atom. The summed E-state index contributed by atoms with van der Waals surface area (Å²) < 4.78 is 15.1. The van der Waals surface area contributed by atoms with Crippen LogP contribution in [-0.4, -0.2) is 10.5 Å². The van der Waals surface area contributed by atoms with E-state index >= 15 is 0 Å². The molecule has 2 rings (SSSR count). The monoisotopic (exact) mass is 301 g/mol. The Balaban J connectivity index is 0.00000116. The number of benzene rings is 1. The van der Waals surface area contributed by atoms with Gasteiger partial charge in [-0.25, -0.2) is 4.39 Å². The maximum Gasteiger partial charge on any atom is 0.257 e. The Bertz CT molecular complexity index is 726. The van der Waals surface area contributed by atoms with Crippen molar-refractivity contribution in [1.29, 1.82) is 5.26 Å². The Morgan fingerprint density at radius 2 is 1.95 bits per heavy atom. The van der Waals surface area contributed by atoms with E-state index in [1.165, 1.54) is 18.2 Å². The van der Waals surface area contributed by atoms with Crippen molar-refractivity contribution in [3.8, 4) is 6.07 Å². The van der Waals surface area contributed by atoms with Gasteiger partial charge in [0.15, 0.2) is 0 Å². The standard InChI is InChI=1S/C15H14FN3O.C2H6/c1-9-8-19(3)10(2)14(9)15(20)18-12-4-5-13(16)11(6-12)7-17;1-2/h4-6,8H,1-3H3,(H,18,20);1-2H3. The van der Waals surface area contributed by atoms with Gasteiger partial charge in [0, 0.05) is 24.6 Å². The lowest BCUT2D eigenvalue weighted by Crippen LogP contribution is -2.14. The molecule has 1 heterocycles. The average Bonchev–Trinajstić information content (AvgIpc) is 2.76. The first-order valence-electron chi connectivity index (χ1n) is 7.07. The Morgan fingerprint density at radius 3 is 2.45 bits per heavy atom. The first-order valence-corrected chi connectivity index (χ1v) is 7.07. The van der Waals surface area contributed by atoms with Crippen LogP contribution in [-0.2, 0) is 7.05 Å². The van der Waals surface area contributed by atoms with Crippen LogP contribution in [0.3, 0.4) is 0 Å². The summed E-state index contributed by atoms with van der Waals surface area (Å²) in [6.07, 6.45) is 1.87. The predicted octanol–water partition coefficient (Wildman–Crippen LogP) is 3.93. The van der Waals surface area contributed by atoms with E-state index in [-0.39, 0.29) is 11.5 Å². The smallest absolute Gasteiger partial charge is 0.257 e. The molecule has 2 aromatic rings. The number of nitrogens with zero attached hydrogens (tertiary/aromatic N) is 2. The van der Waals surface area contributed by atoms with Crippen molar-refractivity contribution >= 4 is 11.6 Å². The molecule has 4 nitrogen and oxygen atoms in total. The zero-order valence-corrected chi connectivity index (χ0v) is 13.5. The topological polar surface area (TPSA) is 57.8 Å². The number of carbonyl (C=O) groups is 1. The second-order valence-corrected chi connectivity index (χ2v) is 4.64. The third-order valence-corrected chi connectivity index (χ3v) is 3.24. The number of halogens is 1. The molecule has 1 N–H and O–H groups in total. The molecule has 5 heteroatoms. The van der Waals surface area contributed by atoms with Gasteiger partial charge in [-0.3, -0.25) is 4.79 Å². The van der Waals surface area contributed by atoms with E-state index < -0.39 is 5.82 Å². The number of anilines is 1. The summed E-state index contributed by atoms with van der Waals surface area (Å²) in [6, 6.07) is 5.66. The molecule has 0 aliphatic rings. The number of rotatable bonds is 2. The minimum absolute atomic E-state index is 0.0932. The van der Waals surface area contributed by atoms with E-state index in [0.717, 1.165) is 11.3 Å². The van der Waals surface area contributed by atoms with Crippen LogP contribution in [0.2, 0.25) is 0 Å². The van der Waals surface area contributed by atoms with Crippen LogP contribution in [0.15, 0.2) is 24.4 Å². The summed E-state index contributed by atoms with van der Waals surface area (Å²) in [6.45, 7) is 7.71. The van der Waals surface area contributed by atoms with Crippen molar-refractivity contribution in [3.05, 3.63) is 52.6 Å². The molecule has 116 valence electrons. The van der Waals surface area contributed by atoms with Gasteiger partial charge in [0.2, 0.25) is 0 Å². The molecular weight excluding hydrogens is 281 g/mol. The van der Waals surface area contributed by atoms with Gasteiger partial charge < -0.3 is 9.88 Å². The molecule has 1 aromatic heterocycles. The van der Waals surface area contributed by atoms with Crippen molar-refractivity contribution in [2.24, 2.45) is 7.05 Å². The molecule has 22 heavy (non-hydrogen) atoms. The highest BCUT2D eigenvalue weighted by atomic mass is 19.1. The molecule has 0 spiro atoms. The highest BCUT2D eigenvalue weighted by molar-refractivity contribution is 6.06. The maximum atomic E-state index is 13.2. The second kappa shape index (κ2) is 7.41. The quantitative estimate of drug-likeness (QED) is 0.913. The van der Waals surface area contributed by atoms with E-state index in [1.54, 1.807) is 6.07 Å². The van der Waals surface area contributed by atoms with Crippen LogP contribution in [0, 0.1) is 31.0 Å². The molecule has 0 atom stereocenters. The SMILES string of the molecule is CC.Cc1cn(C)c(C)c1C(=O)Nc1ccc(F)c(C#N)c1. The van der Waals surface area contributed by atoms with Crippen LogP contribution < -0.4 is 5.32 Å². The van der Waals surface area contributed by atoms with E-state index in [2.05, 4.69) is 5.32 Å². The molecule has 0 saturated carbocycles. The molecular formula is C17H20FN3O. The zero-order chi connectivity index (χ0) is 16.9. The molecule has 0 aliphatic heterocycles. The largest absolute Gasteiger partial charge is 0.354 e. The second-order valence-electron chi connectivity index (χ2n) is 4.64. The van der Waals surface area contributed by atoms with Crippen LogP contribution in [0.25, 0.3) is 0 Å². The van der Waals surface area contributed by atoms with Gasteiger partial charge >= 0.3 is 0 Å².